The van der Waals surface area contributed by atoms with Crippen LogP contribution in [0.15, 0.2) is 60.9 Å². The van der Waals surface area contributed by atoms with Gasteiger partial charge < -0.3 is 20.0 Å². The number of thiocarbonyl (C=S) groups is 1. The van der Waals surface area contributed by atoms with E-state index in [1.165, 1.54) is 6.26 Å². The Morgan fingerprint density at radius 2 is 1.93 bits per heavy atom. The topological polar surface area (TPSA) is 110 Å². The zero-order valence-electron chi connectivity index (χ0n) is 23.4. The summed E-state index contributed by atoms with van der Waals surface area (Å²) in [4.78, 5) is 16.3. The van der Waals surface area contributed by atoms with Crippen molar-refractivity contribution in [3.05, 3.63) is 77.7 Å². The van der Waals surface area contributed by atoms with Crippen LogP contribution in [0.5, 0.6) is 5.75 Å². The van der Waals surface area contributed by atoms with Gasteiger partial charge in [0.25, 0.3) is 0 Å². The molecule has 0 aliphatic carbocycles. The summed E-state index contributed by atoms with van der Waals surface area (Å²) >= 11 is 5.22. The lowest BCUT2D eigenvalue weighted by molar-refractivity contribution is -0.118. The summed E-state index contributed by atoms with van der Waals surface area (Å²) in [6.07, 6.45) is 8.09. The fraction of sp³-hybridized carbons (Fsp3) is 0.355. The van der Waals surface area contributed by atoms with E-state index in [0.29, 0.717) is 43.9 Å². The molecule has 0 amide bonds. The number of sulfonamides is 1. The van der Waals surface area contributed by atoms with Gasteiger partial charge in [-0.15, -0.1) is 0 Å². The van der Waals surface area contributed by atoms with Crippen molar-refractivity contribution in [3.8, 4) is 16.9 Å². The Bertz CT molecular complexity index is 1680. The quantitative estimate of drug-likeness (QED) is 0.237. The summed E-state index contributed by atoms with van der Waals surface area (Å²) in [5.74, 6) is 0.910. The number of nitrogens with zero attached hydrogens (tertiary/aromatic N) is 2. The first-order valence-corrected chi connectivity index (χ1v) is 16.2. The molecule has 0 radical (unpaired) electrons. The van der Waals surface area contributed by atoms with E-state index in [1.807, 2.05) is 31.2 Å². The minimum absolute atomic E-state index is 0.160. The molecule has 10 heteroatoms. The van der Waals surface area contributed by atoms with Gasteiger partial charge in [-0.3, -0.25) is 4.79 Å². The van der Waals surface area contributed by atoms with Crippen molar-refractivity contribution >= 4 is 43.9 Å². The maximum atomic E-state index is 12.8. The lowest BCUT2D eigenvalue weighted by Gasteiger charge is -2.31. The van der Waals surface area contributed by atoms with Crippen LogP contribution in [0.2, 0.25) is 0 Å². The second kappa shape index (κ2) is 12.2. The molecule has 1 aliphatic heterocycles. The number of aryl methyl sites for hydroxylation is 1. The van der Waals surface area contributed by atoms with Gasteiger partial charge in [-0.05, 0) is 49.4 Å². The molecule has 0 unspecified atom stereocenters. The van der Waals surface area contributed by atoms with Crippen LogP contribution in [0.3, 0.4) is 0 Å². The maximum absolute atomic E-state index is 12.8. The highest BCUT2D eigenvalue weighted by Crippen LogP contribution is 2.36. The number of rotatable bonds is 11. The normalized spacial score (nSPS) is 14.9. The van der Waals surface area contributed by atoms with Gasteiger partial charge in [0, 0.05) is 78.2 Å². The molecule has 216 valence electrons. The van der Waals surface area contributed by atoms with Crippen LogP contribution in [-0.4, -0.2) is 59.0 Å². The number of nitrogens with two attached hydrogens (primary N) is 1. The Morgan fingerprint density at radius 3 is 2.63 bits per heavy atom. The molecule has 0 bridgehead atoms. The van der Waals surface area contributed by atoms with Crippen molar-refractivity contribution in [2.75, 3.05) is 26.0 Å². The van der Waals surface area contributed by atoms with Gasteiger partial charge in [0.15, 0.2) is 0 Å². The first kappa shape index (κ1) is 29.0. The van der Waals surface area contributed by atoms with E-state index in [0.717, 1.165) is 57.4 Å². The summed E-state index contributed by atoms with van der Waals surface area (Å²) in [6.45, 7) is 3.50. The molecule has 3 N–H and O–H groups in total. The van der Waals surface area contributed by atoms with Gasteiger partial charge in [0.1, 0.15) is 16.5 Å². The van der Waals surface area contributed by atoms with Crippen LogP contribution in [0.1, 0.15) is 49.0 Å². The summed E-state index contributed by atoms with van der Waals surface area (Å²) < 4.78 is 33.5. The van der Waals surface area contributed by atoms with E-state index in [9.17, 15) is 13.2 Å². The predicted octanol–water partition coefficient (Wildman–Crippen LogP) is 5.01. The van der Waals surface area contributed by atoms with E-state index < -0.39 is 10.0 Å². The van der Waals surface area contributed by atoms with Crippen LogP contribution in [-0.2, 0) is 27.7 Å². The Hall–Kier alpha value is -3.47. The average molecular weight is 593 g/mol. The van der Waals surface area contributed by atoms with Crippen molar-refractivity contribution in [1.29, 1.82) is 0 Å². The van der Waals surface area contributed by atoms with Crippen molar-refractivity contribution < 1.29 is 17.9 Å². The number of benzene rings is 2. The minimum Gasteiger partial charge on any atom is -0.492 e. The average Bonchev–Trinajstić information content (AvgIpc) is 3.56. The molecule has 4 aromatic rings. The van der Waals surface area contributed by atoms with Crippen molar-refractivity contribution in [3.63, 3.8) is 0 Å². The van der Waals surface area contributed by atoms with E-state index >= 15 is 0 Å². The highest BCUT2D eigenvalue weighted by Gasteiger charge is 2.27. The third-order valence-electron chi connectivity index (χ3n) is 7.75. The van der Waals surface area contributed by atoms with Crippen LogP contribution < -0.4 is 10.5 Å². The third kappa shape index (κ3) is 6.72. The largest absolute Gasteiger partial charge is 0.492 e. The van der Waals surface area contributed by atoms with Gasteiger partial charge >= 0.3 is 0 Å². The molecular weight excluding hydrogens is 556 g/mol. The Labute approximate surface area is 246 Å². The SMILES string of the molecule is CCOc1c[nH]c(CC(=O)CCc2ccc3c(-c4cccc(C(N)=S)c4)cn(C4CCN(S(C)(=O)=O)CC4)c3c2)c1. The standard InChI is InChI=1S/C31H36N4O4S2/c1-3-39-27-18-24(33-19-27)17-26(36)9-7-21-8-10-28-29(22-5-4-6-23(16-22)31(32)40)20-35(30(28)15-21)25-11-13-34(14-12-25)41(2,37)38/h4-6,8,10,15-16,18-20,25,33H,3,7,9,11-14,17H2,1-2H3,(H2,32,40). The highest BCUT2D eigenvalue weighted by molar-refractivity contribution is 7.88. The Kier molecular flexibility index (Phi) is 8.63. The van der Waals surface area contributed by atoms with Crippen LogP contribution in [0.25, 0.3) is 22.0 Å². The van der Waals surface area contributed by atoms with Gasteiger partial charge in [-0.25, -0.2) is 12.7 Å². The van der Waals surface area contributed by atoms with Crippen molar-refractivity contribution in [2.24, 2.45) is 5.73 Å². The van der Waals surface area contributed by atoms with Crippen LogP contribution >= 0.6 is 12.2 Å². The van der Waals surface area contributed by atoms with E-state index in [2.05, 4.69) is 40.0 Å². The fourth-order valence-electron chi connectivity index (χ4n) is 5.63. The number of carbonyl (C=O) groups excluding carboxylic acids is 1. The van der Waals surface area contributed by atoms with E-state index in [1.54, 1.807) is 10.5 Å². The van der Waals surface area contributed by atoms with Crippen molar-refractivity contribution in [2.45, 2.75) is 45.1 Å². The maximum Gasteiger partial charge on any atom is 0.211 e. The van der Waals surface area contributed by atoms with Gasteiger partial charge in [0.2, 0.25) is 10.0 Å². The Balaban J connectivity index is 1.41. The molecule has 3 heterocycles. The minimum atomic E-state index is -3.21. The number of hydrogen-bond donors (Lipinski definition) is 2. The number of ketones is 1. The molecule has 1 saturated heterocycles. The van der Waals surface area contributed by atoms with Gasteiger partial charge in [0.05, 0.1) is 12.9 Å². The van der Waals surface area contributed by atoms with Gasteiger partial charge in [-0.2, -0.15) is 0 Å². The van der Waals surface area contributed by atoms with Gasteiger partial charge in [-0.1, -0.05) is 42.5 Å². The molecule has 0 atom stereocenters. The zero-order chi connectivity index (χ0) is 29.1. The molecule has 8 nitrogen and oxygen atoms in total. The lowest BCUT2D eigenvalue weighted by Crippen LogP contribution is -2.38. The number of piperidine rings is 1. The number of hydrogen-bond acceptors (Lipinski definition) is 5. The monoisotopic (exact) mass is 592 g/mol. The smallest absolute Gasteiger partial charge is 0.211 e. The van der Waals surface area contributed by atoms with Crippen LogP contribution in [0.4, 0.5) is 0 Å². The predicted molar refractivity (Wildman–Crippen MR) is 167 cm³/mol. The second-order valence-electron chi connectivity index (χ2n) is 10.6. The number of fused-ring (bicyclic) bond motifs is 1. The molecule has 2 aromatic heterocycles. The number of Topliss-reactive ketones (excluding diaryl/α,β-unsaturated/α-hetero) is 1. The summed E-state index contributed by atoms with van der Waals surface area (Å²) in [6, 6.07) is 16.4. The molecule has 5 rings (SSSR count). The second-order valence-corrected chi connectivity index (χ2v) is 13.1. The third-order valence-corrected chi connectivity index (χ3v) is 9.29. The summed E-state index contributed by atoms with van der Waals surface area (Å²) in [7, 11) is -3.21. The molecule has 0 spiro atoms. The molecule has 1 fully saturated rings. The van der Waals surface area contributed by atoms with E-state index in [-0.39, 0.29) is 11.8 Å². The number of aromatic amines is 1. The fourth-order valence-corrected chi connectivity index (χ4v) is 6.63. The molecule has 41 heavy (non-hydrogen) atoms. The first-order chi connectivity index (χ1) is 19.6. The lowest BCUT2D eigenvalue weighted by atomic mass is 10.00. The molecule has 0 saturated carbocycles. The number of carbonyl (C=O) groups is 1. The number of aromatic nitrogens is 2. The molecular formula is C31H36N4O4S2. The highest BCUT2D eigenvalue weighted by atomic mass is 32.2. The summed E-state index contributed by atoms with van der Waals surface area (Å²) in [5, 5.41) is 1.10. The number of ether oxygens (including phenoxy) is 1. The Morgan fingerprint density at radius 1 is 1.15 bits per heavy atom. The number of H-pyrrole nitrogens is 1. The van der Waals surface area contributed by atoms with Crippen molar-refractivity contribution in [1.82, 2.24) is 13.9 Å². The molecule has 2 aromatic carbocycles. The zero-order valence-corrected chi connectivity index (χ0v) is 25.1. The summed E-state index contributed by atoms with van der Waals surface area (Å²) in [5.41, 5.74) is 11.8. The van der Waals surface area contributed by atoms with E-state index in [4.69, 9.17) is 22.7 Å². The molecule has 1 aliphatic rings. The number of nitrogens with one attached hydrogen (secondary N) is 1. The first-order valence-electron chi connectivity index (χ1n) is 13.9. The van der Waals surface area contributed by atoms with Crippen LogP contribution in [0, 0.1) is 0 Å².